The smallest absolute Gasteiger partial charge is 0.249 e. The van der Waals surface area contributed by atoms with Crippen molar-refractivity contribution in [1.82, 2.24) is 20.3 Å². The van der Waals surface area contributed by atoms with Gasteiger partial charge in [0.1, 0.15) is 23.5 Å². The molecule has 2 amide bonds. The molecular weight excluding hydrogens is 660 g/mol. The summed E-state index contributed by atoms with van der Waals surface area (Å²) in [6.45, 7) is 7.98. The summed E-state index contributed by atoms with van der Waals surface area (Å²) in [6, 6.07) is 17.3. The molecule has 12 heteroatoms. The van der Waals surface area contributed by atoms with Crippen molar-refractivity contribution in [2.24, 2.45) is 17.6 Å². The average molecular weight is 701 g/mol. The third kappa shape index (κ3) is 5.83. The molecule has 266 valence electrons. The fourth-order valence-corrected chi connectivity index (χ4v) is 7.29. The molecule has 3 aliphatic rings. The van der Waals surface area contributed by atoms with Crippen molar-refractivity contribution in [2.75, 3.05) is 5.32 Å². The van der Waals surface area contributed by atoms with Crippen LogP contribution < -0.4 is 21.1 Å². The Morgan fingerprint density at radius 1 is 1.00 bits per heavy atom. The monoisotopic (exact) mass is 700 g/mol. The number of hydrogen-bond acceptors (Lipinski definition) is 9. The molecule has 6 heterocycles. The number of ether oxygens (including phenoxy) is 1. The molecule has 0 saturated carbocycles. The first kappa shape index (κ1) is 33.1. The van der Waals surface area contributed by atoms with E-state index in [4.69, 9.17) is 29.3 Å². The van der Waals surface area contributed by atoms with Gasteiger partial charge < -0.3 is 40.0 Å². The maximum absolute atomic E-state index is 13.1. The average Bonchev–Trinajstić information content (AvgIpc) is 3.90. The lowest BCUT2D eigenvalue weighted by atomic mass is 9.92. The number of hydrogen-bond donors (Lipinski definition) is 5. The molecular formula is C40H40N6O6. The number of rotatable bonds is 3. The van der Waals surface area contributed by atoms with E-state index in [1.807, 2.05) is 76.4 Å². The predicted octanol–water partition coefficient (Wildman–Crippen LogP) is 7.40. The van der Waals surface area contributed by atoms with Crippen molar-refractivity contribution >= 4 is 28.4 Å². The summed E-state index contributed by atoms with van der Waals surface area (Å²) in [6.07, 6.45) is 4.35. The van der Waals surface area contributed by atoms with Gasteiger partial charge in [0, 0.05) is 46.8 Å². The van der Waals surface area contributed by atoms with Crippen molar-refractivity contribution in [1.29, 1.82) is 0 Å². The predicted molar refractivity (Wildman–Crippen MR) is 195 cm³/mol. The fraction of sp³-hybridized carbons (Fsp3) is 0.300. The van der Waals surface area contributed by atoms with Crippen LogP contribution in [0.15, 0.2) is 75.8 Å². The van der Waals surface area contributed by atoms with Crippen LogP contribution in [-0.2, 0) is 16.0 Å². The van der Waals surface area contributed by atoms with Crippen molar-refractivity contribution in [3.05, 3.63) is 89.8 Å². The number of aromatic nitrogens is 3. The Morgan fingerprint density at radius 2 is 1.83 bits per heavy atom. The van der Waals surface area contributed by atoms with Gasteiger partial charge in [0.2, 0.25) is 23.6 Å². The Bertz CT molecular complexity index is 2330. The van der Waals surface area contributed by atoms with Crippen LogP contribution in [0.5, 0.6) is 11.5 Å². The number of nitrogens with two attached hydrogens (primary N) is 1. The number of fused-ring (bicyclic) bond motifs is 8. The number of primary amides is 1. The molecule has 0 aliphatic carbocycles. The number of carbonyl (C=O) groups is 2. The molecule has 6 bridgehead atoms. The van der Waals surface area contributed by atoms with Gasteiger partial charge in [-0.25, -0.2) is 9.97 Å². The number of aryl methyl sites for hydroxylation is 1. The van der Waals surface area contributed by atoms with E-state index in [2.05, 4.69) is 21.7 Å². The van der Waals surface area contributed by atoms with Gasteiger partial charge in [-0.2, -0.15) is 0 Å². The minimum atomic E-state index is -0.570. The lowest BCUT2D eigenvalue weighted by Crippen LogP contribution is -2.32. The van der Waals surface area contributed by atoms with Gasteiger partial charge in [0.15, 0.2) is 23.4 Å². The van der Waals surface area contributed by atoms with Crippen LogP contribution in [0.4, 0.5) is 5.69 Å². The zero-order valence-corrected chi connectivity index (χ0v) is 29.3. The van der Waals surface area contributed by atoms with Crippen LogP contribution in [0.2, 0.25) is 0 Å². The molecule has 9 rings (SSSR count). The van der Waals surface area contributed by atoms with E-state index in [9.17, 15) is 14.7 Å². The molecule has 3 aromatic carbocycles. The highest BCUT2D eigenvalue weighted by Crippen LogP contribution is 2.49. The molecule has 0 saturated heterocycles. The van der Waals surface area contributed by atoms with Crippen LogP contribution >= 0.6 is 0 Å². The quantitative estimate of drug-likeness (QED) is 0.126. The van der Waals surface area contributed by atoms with Crippen molar-refractivity contribution < 1.29 is 28.3 Å². The van der Waals surface area contributed by atoms with E-state index >= 15 is 0 Å². The molecule has 52 heavy (non-hydrogen) atoms. The van der Waals surface area contributed by atoms with E-state index < -0.39 is 18.2 Å². The highest BCUT2D eigenvalue weighted by molar-refractivity contribution is 6.08. The zero-order valence-electron chi connectivity index (χ0n) is 29.3. The molecule has 6 N–H and O–H groups in total. The number of phenols is 1. The first-order valence-electron chi connectivity index (χ1n) is 17.6. The molecule has 3 aromatic heterocycles. The van der Waals surface area contributed by atoms with E-state index in [0.717, 1.165) is 44.6 Å². The second-order valence-corrected chi connectivity index (χ2v) is 14.3. The number of anilines is 1. The first-order valence-corrected chi connectivity index (χ1v) is 17.6. The summed E-state index contributed by atoms with van der Waals surface area (Å²) in [5.74, 6) is 2.29. The van der Waals surface area contributed by atoms with Crippen molar-refractivity contribution in [3.8, 4) is 45.5 Å². The first-order chi connectivity index (χ1) is 25.0. The second-order valence-electron chi connectivity index (χ2n) is 14.3. The van der Waals surface area contributed by atoms with Gasteiger partial charge in [-0.15, -0.1) is 0 Å². The highest BCUT2D eigenvalue weighted by Gasteiger charge is 2.43. The summed E-state index contributed by atoms with van der Waals surface area (Å²) >= 11 is 0. The molecule has 3 atom stereocenters. The van der Waals surface area contributed by atoms with Crippen LogP contribution in [0, 0.1) is 11.8 Å². The van der Waals surface area contributed by atoms with Crippen LogP contribution in [0.25, 0.3) is 44.9 Å². The minimum absolute atomic E-state index is 0.00768. The standard InChI is InChI=1S/C35H29N5O5.C5H11NO/c1-16(2)29-35-40-31-32(45-35)28-20-13-17(8-12-26(42)39-29)7-11-24(20)43-33(28)38-22-6-4-3-5-18(22)19-9-10-23(41)30-27(19)21(14-36-30)25-15-37-34(31)44-25;1-4(2)3-5(6)7/h3-7,9-11,13-16,28-29,33,36,38,41H,8,12H2,1-2H3,(H,39,42);4H,3H2,1-2H3,(H2,6,7). The number of benzene rings is 3. The van der Waals surface area contributed by atoms with E-state index in [0.29, 0.717) is 53.8 Å². The number of nitrogens with zero attached hydrogens (tertiary/aromatic N) is 2. The number of aromatic hydroxyl groups is 1. The summed E-state index contributed by atoms with van der Waals surface area (Å²) < 4.78 is 19.8. The maximum atomic E-state index is 13.1. The minimum Gasteiger partial charge on any atom is -0.506 e. The summed E-state index contributed by atoms with van der Waals surface area (Å²) in [4.78, 5) is 36.0. The molecule has 12 nitrogen and oxygen atoms in total. The third-order valence-electron chi connectivity index (χ3n) is 9.72. The number of nitrogens with one attached hydrogen (secondary N) is 3. The van der Waals surface area contributed by atoms with Gasteiger partial charge in [0.25, 0.3) is 0 Å². The lowest BCUT2D eigenvalue weighted by Gasteiger charge is -2.23. The highest BCUT2D eigenvalue weighted by atomic mass is 16.5. The maximum Gasteiger partial charge on any atom is 0.249 e. The molecule has 3 aliphatic heterocycles. The van der Waals surface area contributed by atoms with Crippen LogP contribution in [-0.4, -0.2) is 38.1 Å². The van der Waals surface area contributed by atoms with Crippen LogP contribution in [0.1, 0.15) is 75.3 Å². The molecule has 3 unspecified atom stereocenters. The molecule has 0 radical (unpaired) electrons. The largest absolute Gasteiger partial charge is 0.506 e. The number of H-pyrrole nitrogens is 1. The number of amides is 2. The topological polar surface area (TPSA) is 182 Å². The van der Waals surface area contributed by atoms with E-state index in [1.165, 1.54) is 0 Å². The summed E-state index contributed by atoms with van der Waals surface area (Å²) in [5, 5.41) is 18.5. The Hall–Kier alpha value is -6.04. The zero-order chi connectivity index (χ0) is 36.3. The van der Waals surface area contributed by atoms with Gasteiger partial charge in [-0.05, 0) is 53.6 Å². The normalized spacial score (nSPS) is 18.4. The van der Waals surface area contributed by atoms with Crippen LogP contribution in [0.3, 0.4) is 0 Å². The number of oxazole rings is 2. The number of carbonyl (C=O) groups excluding carboxylic acids is 2. The van der Waals surface area contributed by atoms with Gasteiger partial charge >= 0.3 is 0 Å². The Kier molecular flexibility index (Phi) is 8.24. The number of para-hydroxylation sites is 1. The summed E-state index contributed by atoms with van der Waals surface area (Å²) in [5.41, 5.74) is 11.3. The molecule has 0 spiro atoms. The Labute approximate surface area is 299 Å². The Balaban J connectivity index is 0.000000505. The van der Waals surface area contributed by atoms with Gasteiger partial charge in [0.05, 0.1) is 11.7 Å². The molecule has 0 fully saturated rings. The number of aromatic amines is 1. The van der Waals surface area contributed by atoms with Crippen molar-refractivity contribution in [2.45, 2.75) is 65.1 Å². The second kappa shape index (κ2) is 12.9. The Morgan fingerprint density at radius 3 is 2.60 bits per heavy atom. The van der Waals surface area contributed by atoms with Gasteiger partial charge in [-0.3, -0.25) is 9.59 Å². The fourth-order valence-electron chi connectivity index (χ4n) is 7.29. The van der Waals surface area contributed by atoms with E-state index in [-0.39, 0.29) is 29.4 Å². The van der Waals surface area contributed by atoms with Gasteiger partial charge in [-0.1, -0.05) is 58.0 Å². The van der Waals surface area contributed by atoms with Crippen molar-refractivity contribution in [3.63, 3.8) is 0 Å². The third-order valence-corrected chi connectivity index (χ3v) is 9.72. The number of phenolic OH excluding ortho intramolecular Hbond substituents is 1. The SMILES string of the molecule is CC(C)C1NC(=O)CCc2ccc3c(c2)C2c4oc1nc4-c1ncc(o1)-c1c[nH]c4c(O)ccc(c14)-c1ccccc1NC2O3.CC(C)CC(N)=O. The van der Waals surface area contributed by atoms with E-state index in [1.54, 1.807) is 12.3 Å². The molecule has 6 aromatic rings. The lowest BCUT2D eigenvalue weighted by molar-refractivity contribution is -0.122. The summed E-state index contributed by atoms with van der Waals surface area (Å²) in [7, 11) is 0.